The highest BCUT2D eigenvalue weighted by Crippen LogP contribution is 2.17. The van der Waals surface area contributed by atoms with Gasteiger partial charge in [-0.1, -0.05) is 30.3 Å². The molecule has 0 radical (unpaired) electrons. The van der Waals surface area contributed by atoms with E-state index in [4.69, 9.17) is 4.74 Å². The van der Waals surface area contributed by atoms with Gasteiger partial charge < -0.3 is 4.74 Å². The molecule has 2 aromatic carbocycles. The van der Waals surface area contributed by atoms with Crippen molar-refractivity contribution in [2.24, 2.45) is 0 Å². The third-order valence-corrected chi connectivity index (χ3v) is 4.43. The summed E-state index contributed by atoms with van der Waals surface area (Å²) in [5.41, 5.74) is 1.76. The third-order valence-electron chi connectivity index (χ3n) is 3.56. The van der Waals surface area contributed by atoms with E-state index in [-0.39, 0.29) is 5.82 Å². The quantitative estimate of drug-likeness (QED) is 0.521. The summed E-state index contributed by atoms with van der Waals surface area (Å²) in [6.07, 6.45) is 0. The molecular weight excluding hydrogens is 353 g/mol. The van der Waals surface area contributed by atoms with Gasteiger partial charge in [0, 0.05) is 10.9 Å². The van der Waals surface area contributed by atoms with Crippen molar-refractivity contribution in [3.8, 4) is 17.1 Å². The van der Waals surface area contributed by atoms with Crippen LogP contribution in [0.1, 0.15) is 10.7 Å². The first kappa shape index (κ1) is 16.3. The lowest BCUT2D eigenvalue weighted by molar-refractivity contribution is 0.304. The zero-order chi connectivity index (χ0) is 17.8. The number of tetrazole rings is 1. The number of hydrogen-bond acceptors (Lipinski definition) is 6. The lowest BCUT2D eigenvalue weighted by Crippen LogP contribution is -2.05. The van der Waals surface area contributed by atoms with Crippen LogP contribution in [0.15, 0.2) is 60.0 Å². The van der Waals surface area contributed by atoms with E-state index in [1.807, 2.05) is 35.7 Å². The van der Waals surface area contributed by atoms with Gasteiger partial charge in [-0.05, 0) is 29.5 Å². The van der Waals surface area contributed by atoms with Crippen LogP contribution in [0.4, 0.5) is 4.39 Å². The summed E-state index contributed by atoms with van der Waals surface area (Å²) in [4.78, 5) is 6.03. The minimum atomic E-state index is -0.288. The van der Waals surface area contributed by atoms with Crippen molar-refractivity contribution in [3.63, 3.8) is 0 Å². The molecule has 0 saturated heterocycles. The molecule has 0 bridgehead atoms. The lowest BCUT2D eigenvalue weighted by atomic mass is 10.2. The van der Waals surface area contributed by atoms with E-state index in [1.54, 1.807) is 12.1 Å². The summed E-state index contributed by atoms with van der Waals surface area (Å²) in [7, 11) is 0. The van der Waals surface area contributed by atoms with Crippen LogP contribution in [-0.2, 0) is 13.2 Å². The van der Waals surface area contributed by atoms with Crippen LogP contribution in [0.25, 0.3) is 11.4 Å². The molecule has 0 saturated carbocycles. The molecule has 0 N–H and O–H groups in total. The van der Waals surface area contributed by atoms with Crippen molar-refractivity contribution in [1.82, 2.24) is 25.2 Å². The van der Waals surface area contributed by atoms with Crippen LogP contribution in [0.5, 0.6) is 5.75 Å². The number of rotatable bonds is 6. The van der Waals surface area contributed by atoms with Crippen LogP contribution in [-0.4, -0.2) is 25.2 Å². The number of aromatic nitrogens is 5. The van der Waals surface area contributed by atoms with Crippen LogP contribution >= 0.6 is 11.3 Å². The van der Waals surface area contributed by atoms with Crippen molar-refractivity contribution < 1.29 is 9.13 Å². The van der Waals surface area contributed by atoms with Gasteiger partial charge in [-0.15, -0.1) is 21.5 Å². The second-order valence-corrected chi connectivity index (χ2v) is 6.43. The van der Waals surface area contributed by atoms with Crippen molar-refractivity contribution >= 4 is 11.3 Å². The summed E-state index contributed by atoms with van der Waals surface area (Å²) < 4.78 is 18.5. The molecule has 0 fully saturated rings. The number of ether oxygens (including phenoxy) is 1. The Morgan fingerprint density at radius 2 is 1.85 bits per heavy atom. The predicted molar refractivity (Wildman–Crippen MR) is 95.2 cm³/mol. The van der Waals surface area contributed by atoms with E-state index < -0.39 is 0 Å². The SMILES string of the molecule is Fc1ccc(OCc2nc(Cn3nnc(-c4ccccc4)n3)cs2)cc1. The van der Waals surface area contributed by atoms with Gasteiger partial charge in [-0.2, -0.15) is 4.80 Å². The number of halogens is 1. The van der Waals surface area contributed by atoms with E-state index in [2.05, 4.69) is 20.4 Å². The average molecular weight is 367 g/mol. The Balaban J connectivity index is 1.38. The van der Waals surface area contributed by atoms with Crippen LogP contribution < -0.4 is 4.74 Å². The van der Waals surface area contributed by atoms with Gasteiger partial charge in [0.15, 0.2) is 0 Å². The summed E-state index contributed by atoms with van der Waals surface area (Å²) in [5.74, 6) is 0.901. The van der Waals surface area contributed by atoms with Crippen molar-refractivity contribution in [2.45, 2.75) is 13.2 Å². The largest absolute Gasteiger partial charge is 0.486 e. The van der Waals surface area contributed by atoms with Gasteiger partial charge >= 0.3 is 0 Å². The first-order chi connectivity index (χ1) is 12.8. The van der Waals surface area contributed by atoms with E-state index >= 15 is 0 Å². The fourth-order valence-electron chi connectivity index (χ4n) is 2.32. The molecule has 26 heavy (non-hydrogen) atoms. The van der Waals surface area contributed by atoms with Crippen molar-refractivity contribution in [3.05, 3.63) is 76.5 Å². The molecule has 0 aliphatic rings. The number of benzene rings is 2. The Labute approximate surface area is 152 Å². The predicted octanol–water partition coefficient (Wildman–Crippen LogP) is 3.56. The molecular formula is C18H14FN5OS. The molecule has 0 aliphatic heterocycles. The lowest BCUT2D eigenvalue weighted by Gasteiger charge is -2.03. The molecule has 2 heterocycles. The van der Waals surface area contributed by atoms with Gasteiger partial charge in [0.2, 0.25) is 5.82 Å². The van der Waals surface area contributed by atoms with Gasteiger partial charge in [0.05, 0.1) is 5.69 Å². The van der Waals surface area contributed by atoms with Crippen molar-refractivity contribution in [2.75, 3.05) is 0 Å². The maximum atomic E-state index is 12.9. The highest BCUT2D eigenvalue weighted by atomic mass is 32.1. The number of hydrogen-bond donors (Lipinski definition) is 0. The molecule has 0 spiro atoms. The number of thiazole rings is 1. The molecule has 0 unspecified atom stereocenters. The Morgan fingerprint density at radius 1 is 1.04 bits per heavy atom. The van der Waals surface area contributed by atoms with Crippen LogP contribution in [0.2, 0.25) is 0 Å². The zero-order valence-corrected chi connectivity index (χ0v) is 14.4. The van der Waals surface area contributed by atoms with Crippen molar-refractivity contribution in [1.29, 1.82) is 0 Å². The molecule has 130 valence electrons. The zero-order valence-electron chi connectivity index (χ0n) is 13.6. The Hall–Kier alpha value is -3.13. The molecule has 0 aliphatic carbocycles. The van der Waals surface area contributed by atoms with Gasteiger partial charge in [-0.3, -0.25) is 0 Å². The van der Waals surface area contributed by atoms with E-state index in [0.717, 1.165) is 16.3 Å². The standard InChI is InChI=1S/C18H14FN5OS/c19-14-6-8-16(9-7-14)25-11-17-20-15(12-26-17)10-24-22-18(21-23-24)13-4-2-1-3-5-13/h1-9,12H,10-11H2. The molecule has 4 aromatic rings. The summed E-state index contributed by atoms with van der Waals surface area (Å²) in [5, 5.41) is 15.3. The Bertz CT molecular complexity index is 984. The summed E-state index contributed by atoms with van der Waals surface area (Å²) in [6.45, 7) is 0.767. The second kappa shape index (κ2) is 7.40. The molecule has 8 heteroatoms. The fourth-order valence-corrected chi connectivity index (χ4v) is 3.02. The second-order valence-electron chi connectivity index (χ2n) is 5.48. The molecule has 0 atom stereocenters. The van der Waals surface area contributed by atoms with Crippen LogP contribution in [0, 0.1) is 5.82 Å². The maximum Gasteiger partial charge on any atom is 0.204 e. The highest BCUT2D eigenvalue weighted by Gasteiger charge is 2.08. The average Bonchev–Trinajstić information content (AvgIpc) is 3.32. The minimum Gasteiger partial charge on any atom is -0.486 e. The Morgan fingerprint density at radius 3 is 2.65 bits per heavy atom. The van der Waals surface area contributed by atoms with E-state index in [0.29, 0.717) is 24.7 Å². The molecule has 6 nitrogen and oxygen atoms in total. The van der Waals surface area contributed by atoms with Crippen LogP contribution in [0.3, 0.4) is 0 Å². The summed E-state index contributed by atoms with van der Waals surface area (Å²) in [6, 6.07) is 15.6. The van der Waals surface area contributed by atoms with E-state index in [9.17, 15) is 4.39 Å². The smallest absolute Gasteiger partial charge is 0.204 e. The minimum absolute atomic E-state index is 0.288. The monoisotopic (exact) mass is 367 g/mol. The van der Waals surface area contributed by atoms with Gasteiger partial charge in [-0.25, -0.2) is 9.37 Å². The fraction of sp³-hybridized carbons (Fsp3) is 0.111. The molecule has 2 aromatic heterocycles. The molecule has 0 amide bonds. The topological polar surface area (TPSA) is 65.7 Å². The van der Waals surface area contributed by atoms with E-state index in [1.165, 1.54) is 28.3 Å². The molecule has 4 rings (SSSR count). The van der Waals surface area contributed by atoms with Gasteiger partial charge in [0.1, 0.15) is 29.7 Å². The first-order valence-electron chi connectivity index (χ1n) is 7.91. The first-order valence-corrected chi connectivity index (χ1v) is 8.79. The highest BCUT2D eigenvalue weighted by molar-refractivity contribution is 7.09. The maximum absolute atomic E-state index is 12.9. The number of nitrogens with zero attached hydrogens (tertiary/aromatic N) is 5. The third kappa shape index (κ3) is 3.92. The normalized spacial score (nSPS) is 10.8. The summed E-state index contributed by atoms with van der Waals surface area (Å²) >= 11 is 1.49. The van der Waals surface area contributed by atoms with Gasteiger partial charge in [0.25, 0.3) is 0 Å². The Kier molecular flexibility index (Phi) is 4.65.